The highest BCUT2D eigenvalue weighted by Crippen LogP contribution is 2.37. The molecule has 1 aromatic heterocycles. The fraction of sp³-hybridized carbons (Fsp3) is 0.667. The van der Waals surface area contributed by atoms with Crippen molar-refractivity contribution in [1.82, 2.24) is 4.31 Å². The van der Waals surface area contributed by atoms with Crippen molar-refractivity contribution in [2.24, 2.45) is 5.41 Å². The molecule has 1 saturated heterocycles. The van der Waals surface area contributed by atoms with Crippen LogP contribution in [-0.4, -0.2) is 37.5 Å². The maximum absolute atomic E-state index is 12.4. The molecule has 1 aliphatic rings. The normalized spacial score (nSPS) is 20.6. The predicted molar refractivity (Wildman–Crippen MR) is 77.1 cm³/mol. The Bertz CT molecular complexity index is 527. The minimum Gasteiger partial charge on any atom is -0.396 e. The van der Waals surface area contributed by atoms with Crippen LogP contribution in [-0.2, 0) is 10.0 Å². The van der Waals surface area contributed by atoms with Crippen molar-refractivity contribution >= 4 is 33.0 Å². The Balaban J connectivity index is 2.13. The highest BCUT2D eigenvalue weighted by Gasteiger charge is 2.37. The second kappa shape index (κ2) is 5.69. The van der Waals surface area contributed by atoms with E-state index in [0.717, 1.165) is 17.8 Å². The molecule has 1 N–H and O–H groups in total. The minimum absolute atomic E-state index is 0.112. The van der Waals surface area contributed by atoms with Gasteiger partial charge in [-0.2, -0.15) is 4.31 Å². The quantitative estimate of drug-likeness (QED) is 0.926. The third-order valence-electron chi connectivity index (χ3n) is 4.01. The second-order valence-corrected chi connectivity index (χ2v) is 8.85. The van der Waals surface area contributed by atoms with Crippen LogP contribution in [0.25, 0.3) is 0 Å². The third-order valence-corrected chi connectivity index (χ3v) is 7.61. The number of piperidine rings is 1. The van der Waals surface area contributed by atoms with Crippen molar-refractivity contribution < 1.29 is 13.5 Å². The first-order chi connectivity index (χ1) is 8.93. The van der Waals surface area contributed by atoms with Gasteiger partial charge in [0.05, 0.1) is 4.34 Å². The average Bonchev–Trinajstić information content (AvgIpc) is 2.86. The summed E-state index contributed by atoms with van der Waals surface area (Å²) in [5.41, 5.74) is -0.112. The van der Waals surface area contributed by atoms with Gasteiger partial charge in [-0.05, 0) is 36.8 Å². The summed E-state index contributed by atoms with van der Waals surface area (Å²) >= 11 is 6.88. The number of hydrogen-bond donors (Lipinski definition) is 1. The summed E-state index contributed by atoms with van der Waals surface area (Å²) in [6, 6.07) is 3.16. The molecule has 0 radical (unpaired) electrons. The van der Waals surface area contributed by atoms with Gasteiger partial charge in [0.2, 0.25) is 0 Å². The zero-order valence-corrected chi connectivity index (χ0v) is 13.2. The number of aliphatic hydroxyl groups excluding tert-OH is 1. The number of nitrogens with zero attached hydrogens (tertiary/aromatic N) is 1. The lowest BCUT2D eigenvalue weighted by Gasteiger charge is -2.39. The van der Waals surface area contributed by atoms with Gasteiger partial charge in [0.15, 0.2) is 0 Å². The van der Waals surface area contributed by atoms with Gasteiger partial charge in [0, 0.05) is 19.7 Å². The fourth-order valence-electron chi connectivity index (χ4n) is 2.39. The van der Waals surface area contributed by atoms with E-state index in [2.05, 4.69) is 0 Å². The molecule has 1 aliphatic heterocycles. The third kappa shape index (κ3) is 2.97. The van der Waals surface area contributed by atoms with Gasteiger partial charge in [0.25, 0.3) is 10.0 Å². The van der Waals surface area contributed by atoms with Crippen LogP contribution < -0.4 is 0 Å². The van der Waals surface area contributed by atoms with Crippen LogP contribution in [0.1, 0.15) is 26.2 Å². The summed E-state index contributed by atoms with van der Waals surface area (Å²) < 4.78 is 27.1. The number of hydrogen-bond acceptors (Lipinski definition) is 4. The monoisotopic (exact) mass is 323 g/mol. The van der Waals surface area contributed by atoms with Gasteiger partial charge in [-0.25, -0.2) is 8.42 Å². The molecule has 2 heterocycles. The number of sulfonamides is 1. The van der Waals surface area contributed by atoms with Crippen LogP contribution in [0.3, 0.4) is 0 Å². The van der Waals surface area contributed by atoms with Crippen LogP contribution in [0.5, 0.6) is 0 Å². The summed E-state index contributed by atoms with van der Waals surface area (Å²) in [4.78, 5) is 0. The smallest absolute Gasteiger partial charge is 0.252 e. The molecule has 0 saturated carbocycles. The Labute approximate surface area is 123 Å². The highest BCUT2D eigenvalue weighted by molar-refractivity contribution is 7.91. The lowest BCUT2D eigenvalue weighted by atomic mass is 9.77. The Morgan fingerprint density at radius 2 is 2.05 bits per heavy atom. The van der Waals surface area contributed by atoms with E-state index in [1.807, 2.05) is 6.92 Å². The lowest BCUT2D eigenvalue weighted by Crippen LogP contribution is -2.44. The van der Waals surface area contributed by atoms with Gasteiger partial charge < -0.3 is 5.11 Å². The van der Waals surface area contributed by atoms with Gasteiger partial charge in [-0.1, -0.05) is 18.5 Å². The van der Waals surface area contributed by atoms with Crippen molar-refractivity contribution in [2.75, 3.05) is 19.7 Å². The number of thiophene rings is 1. The molecular formula is C12H18ClNO3S2. The van der Waals surface area contributed by atoms with E-state index in [-0.39, 0.29) is 12.0 Å². The second-order valence-electron chi connectivity index (χ2n) is 4.97. The largest absolute Gasteiger partial charge is 0.396 e. The van der Waals surface area contributed by atoms with Crippen molar-refractivity contribution in [3.05, 3.63) is 16.5 Å². The van der Waals surface area contributed by atoms with Crippen LogP contribution in [0, 0.1) is 5.41 Å². The van der Waals surface area contributed by atoms with Crippen molar-refractivity contribution in [1.29, 1.82) is 0 Å². The fourth-order valence-corrected chi connectivity index (χ4v) is 5.47. The van der Waals surface area contributed by atoms with Crippen LogP contribution in [0.4, 0.5) is 0 Å². The molecule has 7 heteroatoms. The molecule has 0 bridgehead atoms. The first kappa shape index (κ1) is 15.3. The van der Waals surface area contributed by atoms with E-state index in [4.69, 9.17) is 11.6 Å². The van der Waals surface area contributed by atoms with E-state index >= 15 is 0 Å². The van der Waals surface area contributed by atoms with Crippen molar-refractivity contribution in [3.63, 3.8) is 0 Å². The molecule has 1 aromatic rings. The first-order valence-electron chi connectivity index (χ1n) is 6.30. The molecule has 4 nitrogen and oxygen atoms in total. The Morgan fingerprint density at radius 1 is 1.42 bits per heavy atom. The molecule has 1 fully saturated rings. The summed E-state index contributed by atoms with van der Waals surface area (Å²) in [5, 5.41) is 9.47. The highest BCUT2D eigenvalue weighted by atomic mass is 35.5. The molecular weight excluding hydrogens is 306 g/mol. The summed E-state index contributed by atoms with van der Waals surface area (Å²) in [5.74, 6) is 0. The molecule has 2 rings (SSSR count). The van der Waals surface area contributed by atoms with Gasteiger partial charge >= 0.3 is 0 Å². The van der Waals surface area contributed by atoms with Gasteiger partial charge in [0.1, 0.15) is 4.21 Å². The van der Waals surface area contributed by atoms with Crippen molar-refractivity contribution in [3.8, 4) is 0 Å². The standard InChI is InChI=1S/C12H18ClNO3S2/c1-2-12(9-15)5-7-14(8-6-12)19(16,17)11-4-3-10(13)18-11/h3-4,15H,2,5-9H2,1H3. The lowest BCUT2D eigenvalue weighted by molar-refractivity contribution is 0.0648. The molecule has 0 spiro atoms. The summed E-state index contributed by atoms with van der Waals surface area (Å²) in [7, 11) is -3.42. The summed E-state index contributed by atoms with van der Waals surface area (Å²) in [6.07, 6.45) is 2.29. The SMILES string of the molecule is CCC1(CO)CCN(S(=O)(=O)c2ccc(Cl)s2)CC1. The molecule has 0 amide bonds. The average molecular weight is 324 g/mol. The van der Waals surface area contributed by atoms with Crippen LogP contribution in [0.2, 0.25) is 4.34 Å². The summed E-state index contributed by atoms with van der Waals surface area (Å²) in [6.45, 7) is 3.10. The van der Waals surface area contributed by atoms with E-state index in [1.165, 1.54) is 4.31 Å². The van der Waals surface area contributed by atoms with E-state index in [0.29, 0.717) is 34.5 Å². The van der Waals surface area contributed by atoms with Crippen LogP contribution in [0.15, 0.2) is 16.3 Å². The first-order valence-corrected chi connectivity index (χ1v) is 8.93. The maximum Gasteiger partial charge on any atom is 0.252 e. The molecule has 108 valence electrons. The molecule has 0 unspecified atom stereocenters. The molecule has 0 atom stereocenters. The van der Waals surface area contributed by atoms with E-state index in [1.54, 1.807) is 12.1 Å². The zero-order valence-electron chi connectivity index (χ0n) is 10.8. The number of aliphatic hydroxyl groups is 1. The number of rotatable bonds is 4. The van der Waals surface area contributed by atoms with Gasteiger partial charge in [-0.15, -0.1) is 11.3 Å². The van der Waals surface area contributed by atoms with E-state index in [9.17, 15) is 13.5 Å². The van der Waals surface area contributed by atoms with Gasteiger partial charge in [-0.3, -0.25) is 0 Å². The Kier molecular flexibility index (Phi) is 4.57. The predicted octanol–water partition coefficient (Wildman–Crippen LogP) is 2.57. The number of halogens is 1. The maximum atomic E-state index is 12.4. The van der Waals surface area contributed by atoms with Crippen molar-refractivity contribution in [2.45, 2.75) is 30.4 Å². The zero-order chi connectivity index (χ0) is 14.1. The molecule has 0 aromatic carbocycles. The topological polar surface area (TPSA) is 57.6 Å². The molecule has 0 aliphatic carbocycles. The van der Waals surface area contributed by atoms with E-state index < -0.39 is 10.0 Å². The van der Waals surface area contributed by atoms with Crippen LogP contribution >= 0.6 is 22.9 Å². The molecule has 19 heavy (non-hydrogen) atoms. The minimum atomic E-state index is -3.42. The Morgan fingerprint density at radius 3 is 2.47 bits per heavy atom. The Hall–Kier alpha value is -0.140.